The van der Waals surface area contributed by atoms with Gasteiger partial charge in [-0.05, 0) is 69.3 Å². The van der Waals surface area contributed by atoms with Crippen LogP contribution in [0, 0.1) is 0 Å². The van der Waals surface area contributed by atoms with Gasteiger partial charge in [0.05, 0.1) is 27.8 Å². The summed E-state index contributed by atoms with van der Waals surface area (Å²) in [4.78, 5) is 10.2. The Labute approximate surface area is 360 Å². The van der Waals surface area contributed by atoms with Crippen molar-refractivity contribution in [3.05, 3.63) is 259 Å². The van der Waals surface area contributed by atoms with E-state index in [2.05, 4.69) is 217 Å². The standard InChI is InChI=1S/C59H39N3/c1-6-20-41(21-7-1)52-39-53(61-58(60-52)43-22-8-2-9-23-43)42-36-34-40(35-37-42)49-38-51-56(57-55(49)48-31-17-19-33-54(48)62(57)46-28-14-5-15-29-46)47-30-16-18-32-50(47)59(51,44-24-10-3-11-25-44)45-26-12-4-13-27-45/h1-39H. The first kappa shape index (κ1) is 35.8. The number of para-hydroxylation sites is 2. The third-order valence-corrected chi connectivity index (χ3v) is 12.7. The number of hydrogen-bond acceptors (Lipinski definition) is 2. The van der Waals surface area contributed by atoms with E-state index in [0.717, 1.165) is 39.3 Å². The first-order valence-corrected chi connectivity index (χ1v) is 21.2. The summed E-state index contributed by atoms with van der Waals surface area (Å²) in [6.07, 6.45) is 0. The fraction of sp³-hybridized carbons (Fsp3) is 0.0169. The maximum absolute atomic E-state index is 5.17. The van der Waals surface area contributed by atoms with Crippen molar-refractivity contribution in [2.75, 3.05) is 0 Å². The summed E-state index contributed by atoms with van der Waals surface area (Å²) in [5.41, 5.74) is 17.7. The van der Waals surface area contributed by atoms with Gasteiger partial charge < -0.3 is 4.57 Å². The normalized spacial score (nSPS) is 12.6. The zero-order valence-electron chi connectivity index (χ0n) is 33.9. The molecule has 0 amide bonds. The average molecular weight is 790 g/mol. The number of fused-ring (bicyclic) bond motifs is 7. The fourth-order valence-corrected chi connectivity index (χ4v) is 10.0. The van der Waals surface area contributed by atoms with E-state index in [1.807, 2.05) is 24.3 Å². The molecule has 0 atom stereocenters. The summed E-state index contributed by atoms with van der Waals surface area (Å²) in [5, 5.41) is 2.46. The van der Waals surface area contributed by atoms with Crippen molar-refractivity contribution < 1.29 is 0 Å². The van der Waals surface area contributed by atoms with Gasteiger partial charge in [0.2, 0.25) is 0 Å². The monoisotopic (exact) mass is 789 g/mol. The molecule has 9 aromatic carbocycles. The Morgan fingerprint density at radius 3 is 1.52 bits per heavy atom. The lowest BCUT2D eigenvalue weighted by Crippen LogP contribution is -2.28. The minimum absolute atomic E-state index is 0.571. The third-order valence-electron chi connectivity index (χ3n) is 12.7. The van der Waals surface area contributed by atoms with Crippen LogP contribution in [0.1, 0.15) is 22.3 Å². The highest BCUT2D eigenvalue weighted by Gasteiger charge is 2.47. The van der Waals surface area contributed by atoms with Crippen molar-refractivity contribution >= 4 is 21.8 Å². The first-order chi connectivity index (χ1) is 30.8. The molecule has 1 aliphatic rings. The van der Waals surface area contributed by atoms with Gasteiger partial charge >= 0.3 is 0 Å². The lowest BCUT2D eigenvalue weighted by molar-refractivity contribution is 0.769. The van der Waals surface area contributed by atoms with Crippen LogP contribution in [0.2, 0.25) is 0 Å². The maximum atomic E-state index is 5.17. The minimum atomic E-state index is -0.571. The van der Waals surface area contributed by atoms with Crippen molar-refractivity contribution in [3.8, 4) is 61.8 Å². The predicted octanol–water partition coefficient (Wildman–Crippen LogP) is 14.6. The van der Waals surface area contributed by atoms with Crippen molar-refractivity contribution in [2.24, 2.45) is 0 Å². The molecule has 11 aromatic rings. The molecule has 0 bridgehead atoms. The van der Waals surface area contributed by atoms with E-state index in [0.29, 0.717) is 5.82 Å². The Bertz CT molecular complexity index is 3320. The van der Waals surface area contributed by atoms with E-state index in [4.69, 9.17) is 9.97 Å². The van der Waals surface area contributed by atoms with Crippen LogP contribution in [0.3, 0.4) is 0 Å². The molecule has 0 spiro atoms. The molecule has 0 unspecified atom stereocenters. The number of aromatic nitrogens is 3. The van der Waals surface area contributed by atoms with Crippen LogP contribution in [0.4, 0.5) is 0 Å². The van der Waals surface area contributed by atoms with Crippen LogP contribution in [-0.4, -0.2) is 14.5 Å². The fourth-order valence-electron chi connectivity index (χ4n) is 10.0. The van der Waals surface area contributed by atoms with Crippen molar-refractivity contribution in [1.29, 1.82) is 0 Å². The van der Waals surface area contributed by atoms with E-state index < -0.39 is 5.41 Å². The second kappa shape index (κ2) is 14.5. The Morgan fingerprint density at radius 1 is 0.371 bits per heavy atom. The molecule has 0 saturated heterocycles. The van der Waals surface area contributed by atoms with E-state index in [9.17, 15) is 0 Å². The molecule has 2 aromatic heterocycles. The summed E-state index contributed by atoms with van der Waals surface area (Å²) in [5.74, 6) is 0.706. The summed E-state index contributed by atoms with van der Waals surface area (Å²) >= 11 is 0. The minimum Gasteiger partial charge on any atom is -0.309 e. The largest absolute Gasteiger partial charge is 0.309 e. The van der Waals surface area contributed by atoms with E-state index in [-0.39, 0.29) is 0 Å². The number of hydrogen-bond donors (Lipinski definition) is 0. The molecule has 0 N–H and O–H groups in total. The second-order valence-corrected chi connectivity index (χ2v) is 16.1. The molecular formula is C59H39N3. The Hall–Kier alpha value is -8.14. The van der Waals surface area contributed by atoms with Gasteiger partial charge in [-0.25, -0.2) is 9.97 Å². The molecule has 2 heterocycles. The van der Waals surface area contributed by atoms with Gasteiger partial charge in [-0.2, -0.15) is 0 Å². The van der Waals surface area contributed by atoms with Crippen LogP contribution in [-0.2, 0) is 5.41 Å². The lowest BCUT2D eigenvalue weighted by Gasteiger charge is -2.34. The zero-order chi connectivity index (χ0) is 41.0. The van der Waals surface area contributed by atoms with Crippen LogP contribution < -0.4 is 0 Å². The van der Waals surface area contributed by atoms with Crippen LogP contribution in [0.25, 0.3) is 83.6 Å². The van der Waals surface area contributed by atoms with Gasteiger partial charge in [-0.1, -0.05) is 206 Å². The average Bonchev–Trinajstić information content (AvgIpc) is 3.86. The third kappa shape index (κ3) is 5.52. The molecule has 3 nitrogen and oxygen atoms in total. The Kier molecular flexibility index (Phi) is 8.39. The second-order valence-electron chi connectivity index (χ2n) is 16.1. The lowest BCUT2D eigenvalue weighted by atomic mass is 9.67. The van der Waals surface area contributed by atoms with Gasteiger partial charge in [-0.15, -0.1) is 0 Å². The highest BCUT2D eigenvalue weighted by molar-refractivity contribution is 6.21. The van der Waals surface area contributed by atoms with Gasteiger partial charge in [0.25, 0.3) is 0 Å². The highest BCUT2D eigenvalue weighted by atomic mass is 15.0. The molecule has 0 saturated carbocycles. The zero-order valence-corrected chi connectivity index (χ0v) is 33.9. The first-order valence-electron chi connectivity index (χ1n) is 21.2. The Morgan fingerprint density at radius 2 is 0.871 bits per heavy atom. The van der Waals surface area contributed by atoms with Crippen molar-refractivity contribution in [2.45, 2.75) is 5.41 Å². The predicted molar refractivity (Wildman–Crippen MR) is 255 cm³/mol. The molecular weight excluding hydrogens is 751 g/mol. The van der Waals surface area contributed by atoms with E-state index in [1.54, 1.807) is 0 Å². The number of rotatable bonds is 7. The molecule has 12 rings (SSSR count). The van der Waals surface area contributed by atoms with E-state index >= 15 is 0 Å². The summed E-state index contributed by atoms with van der Waals surface area (Å²) < 4.78 is 2.50. The topological polar surface area (TPSA) is 30.7 Å². The highest BCUT2D eigenvalue weighted by Crippen LogP contribution is 2.60. The Balaban J connectivity index is 1.16. The molecule has 290 valence electrons. The van der Waals surface area contributed by atoms with Gasteiger partial charge in [0, 0.05) is 38.7 Å². The molecule has 0 fully saturated rings. The quantitative estimate of drug-likeness (QED) is 0.161. The van der Waals surface area contributed by atoms with Crippen LogP contribution in [0.15, 0.2) is 237 Å². The smallest absolute Gasteiger partial charge is 0.160 e. The van der Waals surface area contributed by atoms with Gasteiger partial charge in [0.1, 0.15) is 0 Å². The van der Waals surface area contributed by atoms with Gasteiger partial charge in [-0.3, -0.25) is 0 Å². The molecule has 3 heteroatoms. The number of nitrogens with zero attached hydrogens (tertiary/aromatic N) is 3. The molecule has 62 heavy (non-hydrogen) atoms. The molecule has 0 radical (unpaired) electrons. The summed E-state index contributed by atoms with van der Waals surface area (Å²) in [6, 6.07) is 85.3. The number of benzene rings is 9. The van der Waals surface area contributed by atoms with E-state index in [1.165, 1.54) is 60.8 Å². The summed E-state index contributed by atoms with van der Waals surface area (Å²) in [7, 11) is 0. The maximum Gasteiger partial charge on any atom is 0.160 e. The van der Waals surface area contributed by atoms with Crippen molar-refractivity contribution in [3.63, 3.8) is 0 Å². The molecule has 1 aliphatic carbocycles. The molecule has 0 aliphatic heterocycles. The van der Waals surface area contributed by atoms with Crippen LogP contribution >= 0.6 is 0 Å². The van der Waals surface area contributed by atoms with Crippen molar-refractivity contribution in [1.82, 2.24) is 14.5 Å². The summed E-state index contributed by atoms with van der Waals surface area (Å²) in [6.45, 7) is 0. The van der Waals surface area contributed by atoms with Crippen LogP contribution in [0.5, 0.6) is 0 Å². The van der Waals surface area contributed by atoms with Gasteiger partial charge in [0.15, 0.2) is 5.82 Å². The SMILES string of the molecule is c1ccc(-c2cc(-c3ccc(-c4cc5c(c6c4c4ccccc4n6-c4ccccc4)-c4ccccc4C5(c4ccccc4)c4ccccc4)cc3)nc(-c3ccccc3)n2)cc1.